The molecular formula is C13H10KO2+. The second kappa shape index (κ2) is 6.32. The fraction of sp³-hybridized carbons (Fsp3) is 0. The minimum absolute atomic E-state index is 0. The zero-order chi connectivity index (χ0) is 10.7. The average molecular weight is 237 g/mol. The van der Waals surface area contributed by atoms with Gasteiger partial charge in [-0.3, -0.25) is 0 Å². The molecule has 0 spiro atoms. The Kier molecular flexibility index (Phi) is 5.38. The molecule has 0 atom stereocenters. The smallest absolute Gasteiger partial charge is 0.478 e. The summed E-state index contributed by atoms with van der Waals surface area (Å²) in [7, 11) is 0. The second-order valence-electron chi connectivity index (χ2n) is 3.25. The van der Waals surface area contributed by atoms with E-state index in [9.17, 15) is 4.79 Å². The standard InChI is InChI=1S/C13H10O2.K/c14-13(15)12-8-6-11(7-9-12)10-4-2-1-3-5-10;/h1-9H,(H,14,15);/q;+1. The van der Waals surface area contributed by atoms with Crippen molar-refractivity contribution in [2.75, 3.05) is 0 Å². The third-order valence-corrected chi connectivity index (χ3v) is 2.24. The van der Waals surface area contributed by atoms with Gasteiger partial charge in [0.15, 0.2) is 0 Å². The molecule has 0 amide bonds. The van der Waals surface area contributed by atoms with Crippen LogP contribution in [0.5, 0.6) is 0 Å². The minimum atomic E-state index is -0.894. The minimum Gasteiger partial charge on any atom is -0.478 e. The van der Waals surface area contributed by atoms with Crippen LogP contribution in [0.15, 0.2) is 54.6 Å². The number of carbonyl (C=O) groups is 1. The topological polar surface area (TPSA) is 37.3 Å². The number of hydrogen-bond acceptors (Lipinski definition) is 1. The van der Waals surface area contributed by atoms with Gasteiger partial charge in [-0.1, -0.05) is 42.5 Å². The molecule has 0 aliphatic heterocycles. The first-order chi connectivity index (χ1) is 7.27. The molecule has 0 unspecified atom stereocenters. The molecule has 0 aliphatic carbocycles. The molecule has 0 saturated carbocycles. The quantitative estimate of drug-likeness (QED) is 0.750. The van der Waals surface area contributed by atoms with Crippen LogP contribution in [-0.4, -0.2) is 11.1 Å². The van der Waals surface area contributed by atoms with E-state index in [4.69, 9.17) is 5.11 Å². The van der Waals surface area contributed by atoms with Crippen molar-refractivity contribution in [2.24, 2.45) is 0 Å². The van der Waals surface area contributed by atoms with Crippen molar-refractivity contribution < 1.29 is 61.3 Å². The maximum Gasteiger partial charge on any atom is 1.00 e. The van der Waals surface area contributed by atoms with Gasteiger partial charge in [-0.15, -0.1) is 0 Å². The van der Waals surface area contributed by atoms with Gasteiger partial charge in [0.05, 0.1) is 5.56 Å². The Labute approximate surface area is 137 Å². The van der Waals surface area contributed by atoms with E-state index in [1.807, 2.05) is 42.5 Å². The number of hydrogen-bond donors (Lipinski definition) is 1. The maximum atomic E-state index is 10.6. The summed E-state index contributed by atoms with van der Waals surface area (Å²) in [6.07, 6.45) is 0. The van der Waals surface area contributed by atoms with Gasteiger partial charge in [-0.25, -0.2) is 4.79 Å². The van der Waals surface area contributed by atoms with Crippen LogP contribution in [0, 0.1) is 0 Å². The molecule has 0 heterocycles. The third kappa shape index (κ3) is 3.27. The summed E-state index contributed by atoms with van der Waals surface area (Å²) in [5, 5.41) is 8.75. The van der Waals surface area contributed by atoms with Crippen molar-refractivity contribution >= 4 is 5.97 Å². The first kappa shape index (κ1) is 13.6. The Morgan fingerprint density at radius 2 is 1.31 bits per heavy atom. The van der Waals surface area contributed by atoms with Crippen LogP contribution in [0.2, 0.25) is 0 Å². The van der Waals surface area contributed by atoms with Gasteiger partial charge in [-0.2, -0.15) is 0 Å². The summed E-state index contributed by atoms with van der Waals surface area (Å²) in [4.78, 5) is 10.6. The van der Waals surface area contributed by atoms with E-state index in [0.717, 1.165) is 11.1 Å². The average Bonchev–Trinajstić information content (AvgIpc) is 2.30. The summed E-state index contributed by atoms with van der Waals surface area (Å²) in [5.74, 6) is -0.894. The predicted octanol–water partition coefficient (Wildman–Crippen LogP) is 0.0558. The van der Waals surface area contributed by atoms with Crippen molar-refractivity contribution in [1.82, 2.24) is 0 Å². The van der Waals surface area contributed by atoms with E-state index in [0.29, 0.717) is 5.56 Å². The predicted molar refractivity (Wildman–Crippen MR) is 58.8 cm³/mol. The number of rotatable bonds is 2. The molecule has 0 fully saturated rings. The molecule has 0 aliphatic rings. The van der Waals surface area contributed by atoms with Gasteiger partial charge < -0.3 is 5.11 Å². The Balaban J connectivity index is 0.00000128. The summed E-state index contributed by atoms with van der Waals surface area (Å²) in [6, 6.07) is 16.7. The molecule has 0 radical (unpaired) electrons. The van der Waals surface area contributed by atoms with Gasteiger partial charge in [0.25, 0.3) is 0 Å². The van der Waals surface area contributed by atoms with Crippen molar-refractivity contribution in [1.29, 1.82) is 0 Å². The zero-order valence-electron chi connectivity index (χ0n) is 9.05. The molecule has 0 saturated heterocycles. The third-order valence-electron chi connectivity index (χ3n) is 2.24. The molecule has 1 N–H and O–H groups in total. The van der Waals surface area contributed by atoms with Gasteiger partial charge in [-0.05, 0) is 23.3 Å². The molecule has 2 aromatic carbocycles. The van der Waals surface area contributed by atoms with Crippen molar-refractivity contribution in [3.63, 3.8) is 0 Å². The number of aromatic carboxylic acids is 1. The fourth-order valence-corrected chi connectivity index (χ4v) is 1.44. The Morgan fingerprint density at radius 1 is 0.812 bits per heavy atom. The molecule has 0 bridgehead atoms. The van der Waals surface area contributed by atoms with Gasteiger partial charge in [0.2, 0.25) is 0 Å². The molecule has 2 rings (SSSR count). The summed E-state index contributed by atoms with van der Waals surface area (Å²) in [5.41, 5.74) is 2.43. The van der Waals surface area contributed by atoms with E-state index in [1.54, 1.807) is 12.1 Å². The molecule has 16 heavy (non-hydrogen) atoms. The van der Waals surface area contributed by atoms with Gasteiger partial charge in [0, 0.05) is 0 Å². The summed E-state index contributed by atoms with van der Waals surface area (Å²) in [6.45, 7) is 0. The van der Waals surface area contributed by atoms with Crippen molar-refractivity contribution in [3.05, 3.63) is 60.2 Å². The number of carboxylic acid groups (broad SMARTS) is 1. The van der Waals surface area contributed by atoms with E-state index in [1.165, 1.54) is 0 Å². The summed E-state index contributed by atoms with van der Waals surface area (Å²) < 4.78 is 0. The van der Waals surface area contributed by atoms with Crippen LogP contribution in [-0.2, 0) is 0 Å². The van der Waals surface area contributed by atoms with E-state index >= 15 is 0 Å². The summed E-state index contributed by atoms with van der Waals surface area (Å²) >= 11 is 0. The largest absolute Gasteiger partial charge is 1.00 e. The van der Waals surface area contributed by atoms with Gasteiger partial charge >= 0.3 is 57.4 Å². The molecule has 0 aromatic heterocycles. The normalized spacial score (nSPS) is 9.25. The molecular weight excluding hydrogens is 227 g/mol. The Morgan fingerprint density at radius 3 is 1.81 bits per heavy atom. The van der Waals surface area contributed by atoms with Crippen LogP contribution >= 0.6 is 0 Å². The van der Waals surface area contributed by atoms with E-state index in [-0.39, 0.29) is 51.4 Å². The molecule has 2 aromatic rings. The number of benzene rings is 2. The van der Waals surface area contributed by atoms with Crippen LogP contribution in [0.1, 0.15) is 10.4 Å². The number of carboxylic acids is 1. The molecule has 2 nitrogen and oxygen atoms in total. The SMILES string of the molecule is O=C(O)c1ccc(-c2ccccc2)cc1.[K+]. The van der Waals surface area contributed by atoms with E-state index < -0.39 is 5.97 Å². The molecule has 74 valence electrons. The van der Waals surface area contributed by atoms with Crippen LogP contribution in [0.4, 0.5) is 0 Å². The van der Waals surface area contributed by atoms with Gasteiger partial charge in [0.1, 0.15) is 0 Å². The molecule has 3 heteroatoms. The van der Waals surface area contributed by atoms with Crippen molar-refractivity contribution in [3.8, 4) is 11.1 Å². The first-order valence-electron chi connectivity index (χ1n) is 4.66. The van der Waals surface area contributed by atoms with E-state index in [2.05, 4.69) is 0 Å². The first-order valence-corrected chi connectivity index (χ1v) is 4.66. The van der Waals surface area contributed by atoms with Crippen LogP contribution < -0.4 is 51.4 Å². The monoisotopic (exact) mass is 237 g/mol. The van der Waals surface area contributed by atoms with Crippen molar-refractivity contribution in [2.45, 2.75) is 0 Å². The van der Waals surface area contributed by atoms with Crippen LogP contribution in [0.25, 0.3) is 11.1 Å². The Hall–Kier alpha value is -0.454. The fourth-order valence-electron chi connectivity index (χ4n) is 1.44. The Bertz CT molecular complexity index is 463. The van der Waals surface area contributed by atoms with Crippen LogP contribution in [0.3, 0.4) is 0 Å². The second-order valence-corrected chi connectivity index (χ2v) is 3.25. The maximum absolute atomic E-state index is 10.6. The zero-order valence-corrected chi connectivity index (χ0v) is 12.2.